The van der Waals surface area contributed by atoms with Crippen LogP contribution in [-0.2, 0) is 9.22 Å². The zero-order chi connectivity index (χ0) is 13.1. The number of hydrogen-bond donors (Lipinski definition) is 0. The third-order valence-electron chi connectivity index (χ3n) is 3.63. The molecule has 0 bridgehead atoms. The van der Waals surface area contributed by atoms with Crippen LogP contribution in [0.25, 0.3) is 0 Å². The molecule has 0 rings (SSSR count). The van der Waals surface area contributed by atoms with Crippen molar-refractivity contribution >= 4 is 14.6 Å². The van der Waals surface area contributed by atoms with Gasteiger partial charge >= 0.3 is 0 Å². The summed E-state index contributed by atoms with van der Waals surface area (Å²) in [5.74, 6) is 0.364. The lowest BCUT2D eigenvalue weighted by Gasteiger charge is -2.41. The van der Waals surface area contributed by atoms with Crippen LogP contribution in [0, 0.1) is 11.8 Å². The molecule has 2 nitrogen and oxygen atoms in total. The fraction of sp³-hybridized carbons (Fsp3) is 0.923. The molecule has 0 aliphatic carbocycles. The fourth-order valence-corrected chi connectivity index (χ4v) is 2.97. The van der Waals surface area contributed by atoms with Crippen LogP contribution in [0.15, 0.2) is 0 Å². The van der Waals surface area contributed by atoms with E-state index >= 15 is 0 Å². The lowest BCUT2D eigenvalue weighted by atomic mass is 9.96. The van der Waals surface area contributed by atoms with Gasteiger partial charge in [-0.3, -0.25) is 0 Å². The Kier molecular flexibility index (Phi) is 5.40. The second kappa shape index (κ2) is 5.45. The van der Waals surface area contributed by atoms with Crippen molar-refractivity contribution in [2.45, 2.75) is 65.8 Å². The van der Waals surface area contributed by atoms with Gasteiger partial charge in [0.15, 0.2) is 8.32 Å². The van der Waals surface area contributed by atoms with Gasteiger partial charge in [0.1, 0.15) is 6.29 Å². The van der Waals surface area contributed by atoms with Gasteiger partial charge < -0.3 is 9.22 Å². The molecule has 0 N–H and O–H groups in total. The maximum absolute atomic E-state index is 10.9. The summed E-state index contributed by atoms with van der Waals surface area (Å²) in [5, 5.41) is 0.197. The van der Waals surface area contributed by atoms with Gasteiger partial charge in [-0.2, -0.15) is 0 Å². The van der Waals surface area contributed by atoms with E-state index in [1.165, 1.54) is 0 Å². The summed E-state index contributed by atoms with van der Waals surface area (Å²) in [6.45, 7) is 17.3. The van der Waals surface area contributed by atoms with E-state index in [4.69, 9.17) is 4.43 Å². The number of carbonyl (C=O) groups is 1. The van der Waals surface area contributed by atoms with Crippen LogP contribution in [0.5, 0.6) is 0 Å². The molecule has 3 heteroatoms. The van der Waals surface area contributed by atoms with Gasteiger partial charge in [-0.15, -0.1) is 0 Å². The average Bonchev–Trinajstić information content (AvgIpc) is 2.10. The van der Waals surface area contributed by atoms with Crippen molar-refractivity contribution in [2.75, 3.05) is 0 Å². The maximum atomic E-state index is 10.9. The van der Waals surface area contributed by atoms with Gasteiger partial charge in [-0.1, -0.05) is 41.5 Å². The van der Waals surface area contributed by atoms with Gasteiger partial charge in [0, 0.05) is 5.92 Å². The Morgan fingerprint density at radius 3 is 1.81 bits per heavy atom. The summed E-state index contributed by atoms with van der Waals surface area (Å²) in [4.78, 5) is 10.9. The largest absolute Gasteiger partial charge is 0.413 e. The molecule has 0 fully saturated rings. The van der Waals surface area contributed by atoms with E-state index in [0.29, 0.717) is 5.92 Å². The Morgan fingerprint density at radius 1 is 1.12 bits per heavy atom. The van der Waals surface area contributed by atoms with Crippen LogP contribution in [0.1, 0.15) is 41.5 Å². The van der Waals surface area contributed by atoms with E-state index in [2.05, 4.69) is 47.7 Å². The van der Waals surface area contributed by atoms with Crippen molar-refractivity contribution in [3.8, 4) is 0 Å². The Hall–Kier alpha value is -0.153. The van der Waals surface area contributed by atoms with Crippen molar-refractivity contribution in [2.24, 2.45) is 11.8 Å². The molecule has 96 valence electrons. The fourth-order valence-electron chi connectivity index (χ4n) is 1.44. The molecule has 0 heterocycles. The third-order valence-corrected chi connectivity index (χ3v) is 8.10. The molecule has 0 saturated carbocycles. The second-order valence-electron chi connectivity index (χ2n) is 6.58. The van der Waals surface area contributed by atoms with Crippen LogP contribution in [0.4, 0.5) is 0 Å². The van der Waals surface area contributed by atoms with Crippen LogP contribution in [0.2, 0.25) is 18.1 Å². The zero-order valence-electron chi connectivity index (χ0n) is 12.1. The first-order valence-electron chi connectivity index (χ1n) is 6.16. The summed E-state index contributed by atoms with van der Waals surface area (Å²) in [7, 11) is -1.77. The van der Waals surface area contributed by atoms with Gasteiger partial charge in [0.05, 0.1) is 6.10 Å². The predicted octanol–water partition coefficient (Wildman–Crippen LogP) is 3.87. The summed E-state index contributed by atoms with van der Waals surface area (Å²) in [5.41, 5.74) is 0. The molecule has 0 aromatic carbocycles. The molecule has 0 aliphatic heterocycles. The molecule has 0 unspecified atom stereocenters. The Balaban J connectivity index is 4.83. The first kappa shape index (κ1) is 15.8. The number of hydrogen-bond acceptors (Lipinski definition) is 2. The minimum atomic E-state index is -1.77. The van der Waals surface area contributed by atoms with Crippen molar-refractivity contribution in [3.63, 3.8) is 0 Å². The Morgan fingerprint density at radius 2 is 1.56 bits per heavy atom. The topological polar surface area (TPSA) is 26.3 Å². The highest BCUT2D eigenvalue weighted by molar-refractivity contribution is 6.74. The number of aldehydes is 1. The highest BCUT2D eigenvalue weighted by atomic mass is 28.4. The molecule has 0 aromatic rings. The normalized spacial score (nSPS) is 17.3. The monoisotopic (exact) mass is 244 g/mol. The molecule has 0 aliphatic rings. The Bertz CT molecular complexity index is 229. The summed E-state index contributed by atoms with van der Waals surface area (Å²) >= 11 is 0. The average molecular weight is 244 g/mol. The molecule has 2 atom stereocenters. The first-order valence-corrected chi connectivity index (χ1v) is 9.07. The molecular formula is C13H28O2Si. The van der Waals surface area contributed by atoms with E-state index < -0.39 is 8.32 Å². The van der Waals surface area contributed by atoms with Crippen molar-refractivity contribution in [3.05, 3.63) is 0 Å². The molecular weight excluding hydrogens is 216 g/mol. The zero-order valence-corrected chi connectivity index (χ0v) is 13.1. The predicted molar refractivity (Wildman–Crippen MR) is 72.1 cm³/mol. The van der Waals surface area contributed by atoms with Gasteiger partial charge in [-0.05, 0) is 24.1 Å². The summed E-state index contributed by atoms with van der Waals surface area (Å²) in [6, 6.07) is 0. The standard InChI is InChI=1S/C13H28O2Si/c1-10(2)12(11(3)9-14)15-16(7,8)13(4,5)6/h9-12H,1-8H3/t11-,12-/m0/s1. The summed E-state index contributed by atoms with van der Waals surface area (Å²) in [6.07, 6.45) is 1.07. The SMILES string of the molecule is CC(C)[C@H](O[Si](C)(C)C(C)(C)C)[C@@H](C)C=O. The van der Waals surface area contributed by atoms with Crippen LogP contribution >= 0.6 is 0 Å². The van der Waals surface area contributed by atoms with E-state index in [0.717, 1.165) is 6.29 Å². The molecule has 0 aromatic heterocycles. The van der Waals surface area contributed by atoms with Crippen molar-refractivity contribution in [1.29, 1.82) is 0 Å². The molecule has 0 radical (unpaired) electrons. The summed E-state index contributed by atoms with van der Waals surface area (Å²) < 4.78 is 6.32. The smallest absolute Gasteiger partial charge is 0.192 e. The van der Waals surface area contributed by atoms with Crippen LogP contribution < -0.4 is 0 Å². The molecule has 0 spiro atoms. The van der Waals surface area contributed by atoms with Crippen molar-refractivity contribution in [1.82, 2.24) is 0 Å². The maximum Gasteiger partial charge on any atom is 0.192 e. The lowest BCUT2D eigenvalue weighted by molar-refractivity contribution is -0.114. The van der Waals surface area contributed by atoms with E-state index in [-0.39, 0.29) is 17.1 Å². The third kappa shape index (κ3) is 4.02. The highest BCUT2D eigenvalue weighted by Gasteiger charge is 2.40. The van der Waals surface area contributed by atoms with Crippen molar-refractivity contribution < 1.29 is 9.22 Å². The number of carbonyl (C=O) groups excluding carboxylic acids is 1. The quantitative estimate of drug-likeness (QED) is 0.542. The van der Waals surface area contributed by atoms with E-state index in [1.807, 2.05) is 6.92 Å². The van der Waals surface area contributed by atoms with Gasteiger partial charge in [0.2, 0.25) is 0 Å². The van der Waals surface area contributed by atoms with Gasteiger partial charge in [0.25, 0.3) is 0 Å². The lowest BCUT2D eigenvalue weighted by Crippen LogP contribution is -2.47. The Labute approximate surface area is 102 Å². The minimum Gasteiger partial charge on any atom is -0.413 e. The number of rotatable bonds is 5. The van der Waals surface area contributed by atoms with E-state index in [9.17, 15) is 4.79 Å². The van der Waals surface area contributed by atoms with Gasteiger partial charge in [-0.25, -0.2) is 0 Å². The van der Waals surface area contributed by atoms with Crippen LogP contribution in [-0.4, -0.2) is 20.7 Å². The second-order valence-corrected chi connectivity index (χ2v) is 11.3. The van der Waals surface area contributed by atoms with E-state index in [1.54, 1.807) is 0 Å². The molecule has 0 amide bonds. The first-order chi connectivity index (χ1) is 7.03. The minimum absolute atomic E-state index is 0.0193. The highest BCUT2D eigenvalue weighted by Crippen LogP contribution is 2.38. The molecule has 16 heavy (non-hydrogen) atoms. The molecule has 0 saturated heterocycles. The van der Waals surface area contributed by atoms with Crippen LogP contribution in [0.3, 0.4) is 0 Å².